The van der Waals surface area contributed by atoms with Crippen LogP contribution in [0.15, 0.2) is 22.5 Å². The number of aliphatic hydroxyl groups is 1. The predicted molar refractivity (Wildman–Crippen MR) is 98.3 cm³/mol. The topological polar surface area (TPSA) is 47.9 Å². The van der Waals surface area contributed by atoms with Gasteiger partial charge in [0.15, 0.2) is 5.96 Å². The Morgan fingerprint density at radius 3 is 2.85 bits per heavy atom. The van der Waals surface area contributed by atoms with Crippen LogP contribution in [0.2, 0.25) is 0 Å². The first-order chi connectivity index (χ1) is 9.17. The minimum absolute atomic E-state index is 0. The van der Waals surface area contributed by atoms with Crippen molar-refractivity contribution in [2.45, 2.75) is 20.3 Å². The Hall–Kier alpha value is -0.340. The number of aliphatic imine (C=N–C) groups is 1. The van der Waals surface area contributed by atoms with Gasteiger partial charge in [-0.15, -0.1) is 35.3 Å². The van der Waals surface area contributed by atoms with E-state index in [0.29, 0.717) is 6.54 Å². The molecule has 1 aromatic heterocycles. The third kappa shape index (κ3) is 7.44. The third-order valence-corrected chi connectivity index (χ3v) is 3.77. The monoisotopic (exact) mass is 411 g/mol. The SMILES string of the molecule is CCNC(=NCC(C)CO)N(C)CCc1cccs1.I. The summed E-state index contributed by atoms with van der Waals surface area (Å²) in [7, 11) is 2.05. The molecule has 1 aromatic rings. The van der Waals surface area contributed by atoms with Gasteiger partial charge in [0.1, 0.15) is 0 Å². The van der Waals surface area contributed by atoms with Crippen LogP contribution >= 0.6 is 35.3 Å². The lowest BCUT2D eigenvalue weighted by atomic mass is 10.2. The molecule has 0 saturated heterocycles. The molecule has 0 amide bonds. The maximum Gasteiger partial charge on any atom is 0.193 e. The maximum atomic E-state index is 9.04. The molecule has 0 aliphatic carbocycles. The molecular formula is C14H26IN3OS. The zero-order chi connectivity index (χ0) is 14.1. The predicted octanol–water partition coefficient (Wildman–Crippen LogP) is 2.43. The van der Waals surface area contributed by atoms with Crippen LogP contribution in [-0.4, -0.2) is 49.3 Å². The van der Waals surface area contributed by atoms with Crippen molar-refractivity contribution in [1.82, 2.24) is 10.2 Å². The number of thiophene rings is 1. The molecule has 1 heterocycles. The molecule has 1 unspecified atom stereocenters. The van der Waals surface area contributed by atoms with Gasteiger partial charge in [0.25, 0.3) is 0 Å². The number of aliphatic hydroxyl groups excluding tert-OH is 1. The third-order valence-electron chi connectivity index (χ3n) is 2.83. The van der Waals surface area contributed by atoms with E-state index < -0.39 is 0 Å². The van der Waals surface area contributed by atoms with Crippen LogP contribution in [0.3, 0.4) is 0 Å². The Morgan fingerprint density at radius 1 is 1.55 bits per heavy atom. The van der Waals surface area contributed by atoms with Crippen LogP contribution in [0, 0.1) is 5.92 Å². The van der Waals surface area contributed by atoms with E-state index in [9.17, 15) is 0 Å². The molecule has 0 spiro atoms. The molecule has 1 atom stereocenters. The molecule has 0 bridgehead atoms. The first kappa shape index (κ1) is 19.7. The fourth-order valence-electron chi connectivity index (χ4n) is 1.61. The van der Waals surface area contributed by atoms with E-state index in [0.717, 1.165) is 25.5 Å². The lowest BCUT2D eigenvalue weighted by Crippen LogP contribution is -2.40. The maximum absolute atomic E-state index is 9.04. The second-order valence-corrected chi connectivity index (χ2v) is 5.77. The Balaban J connectivity index is 0.00000361. The minimum atomic E-state index is 0. The van der Waals surface area contributed by atoms with Gasteiger partial charge >= 0.3 is 0 Å². The number of hydrogen-bond acceptors (Lipinski definition) is 3. The molecule has 116 valence electrons. The minimum Gasteiger partial charge on any atom is -0.396 e. The Bertz CT molecular complexity index is 371. The number of nitrogens with zero attached hydrogens (tertiary/aromatic N) is 2. The number of likely N-dealkylation sites (N-methyl/N-ethyl adjacent to an activating group) is 1. The van der Waals surface area contributed by atoms with E-state index in [1.165, 1.54) is 4.88 Å². The van der Waals surface area contributed by atoms with Crippen LogP contribution < -0.4 is 5.32 Å². The van der Waals surface area contributed by atoms with Gasteiger partial charge in [-0.05, 0) is 30.7 Å². The van der Waals surface area contributed by atoms with Crippen LogP contribution in [0.5, 0.6) is 0 Å². The van der Waals surface area contributed by atoms with E-state index in [-0.39, 0.29) is 36.5 Å². The van der Waals surface area contributed by atoms with Crippen molar-refractivity contribution in [3.8, 4) is 0 Å². The molecule has 0 saturated carbocycles. The average molecular weight is 411 g/mol. The zero-order valence-corrected chi connectivity index (χ0v) is 15.6. The normalized spacial score (nSPS) is 12.7. The van der Waals surface area contributed by atoms with Gasteiger partial charge in [-0.2, -0.15) is 0 Å². The van der Waals surface area contributed by atoms with Gasteiger partial charge in [-0.25, -0.2) is 0 Å². The van der Waals surface area contributed by atoms with E-state index in [1.54, 1.807) is 11.3 Å². The molecule has 20 heavy (non-hydrogen) atoms. The number of nitrogens with one attached hydrogen (secondary N) is 1. The van der Waals surface area contributed by atoms with Crippen molar-refractivity contribution in [2.75, 3.05) is 33.3 Å². The lowest BCUT2D eigenvalue weighted by molar-refractivity contribution is 0.241. The summed E-state index contributed by atoms with van der Waals surface area (Å²) in [6.45, 7) is 6.70. The van der Waals surface area contributed by atoms with Crippen molar-refractivity contribution in [1.29, 1.82) is 0 Å². The molecule has 4 nitrogen and oxygen atoms in total. The number of halogens is 1. The average Bonchev–Trinajstić information content (AvgIpc) is 2.93. The molecular weight excluding hydrogens is 385 g/mol. The summed E-state index contributed by atoms with van der Waals surface area (Å²) in [6, 6.07) is 4.25. The van der Waals surface area contributed by atoms with Crippen molar-refractivity contribution in [3.63, 3.8) is 0 Å². The van der Waals surface area contributed by atoms with Gasteiger partial charge in [0, 0.05) is 38.2 Å². The van der Waals surface area contributed by atoms with Crippen LogP contribution in [-0.2, 0) is 6.42 Å². The Kier molecular flexibility index (Phi) is 11.1. The summed E-state index contributed by atoms with van der Waals surface area (Å²) in [4.78, 5) is 8.10. The molecule has 0 aromatic carbocycles. The smallest absolute Gasteiger partial charge is 0.193 e. The Labute approximate surface area is 143 Å². The quantitative estimate of drug-likeness (QED) is 0.412. The Morgan fingerprint density at radius 2 is 2.30 bits per heavy atom. The van der Waals surface area contributed by atoms with E-state index in [4.69, 9.17) is 5.11 Å². The summed E-state index contributed by atoms with van der Waals surface area (Å²) in [5.41, 5.74) is 0. The molecule has 0 fully saturated rings. The van der Waals surface area contributed by atoms with Crippen LogP contribution in [0.4, 0.5) is 0 Å². The summed E-state index contributed by atoms with van der Waals surface area (Å²) in [5.74, 6) is 1.12. The van der Waals surface area contributed by atoms with Crippen molar-refractivity contribution in [2.24, 2.45) is 10.9 Å². The second-order valence-electron chi connectivity index (χ2n) is 4.73. The molecule has 1 rings (SSSR count). The molecule has 0 aliphatic rings. The first-order valence-corrected chi connectivity index (χ1v) is 7.68. The standard InChI is InChI=1S/C14H25N3OS.HI/c1-4-15-14(16-10-12(2)11-18)17(3)8-7-13-6-5-9-19-13;/h5-6,9,12,18H,4,7-8,10-11H2,1-3H3,(H,15,16);1H. The van der Waals surface area contributed by atoms with E-state index >= 15 is 0 Å². The van der Waals surface area contributed by atoms with Crippen molar-refractivity contribution >= 4 is 41.3 Å². The number of guanidine groups is 1. The summed E-state index contributed by atoms with van der Waals surface area (Å²) < 4.78 is 0. The van der Waals surface area contributed by atoms with Gasteiger partial charge in [-0.3, -0.25) is 4.99 Å². The van der Waals surface area contributed by atoms with Crippen molar-refractivity contribution in [3.05, 3.63) is 22.4 Å². The number of rotatable bonds is 7. The molecule has 6 heteroatoms. The highest BCUT2D eigenvalue weighted by Gasteiger charge is 2.07. The van der Waals surface area contributed by atoms with Gasteiger partial charge in [0.05, 0.1) is 0 Å². The van der Waals surface area contributed by atoms with Gasteiger partial charge in [0.2, 0.25) is 0 Å². The van der Waals surface area contributed by atoms with E-state index in [2.05, 4.69) is 46.7 Å². The molecule has 2 N–H and O–H groups in total. The molecule has 0 aliphatic heterocycles. The number of hydrogen-bond donors (Lipinski definition) is 2. The van der Waals surface area contributed by atoms with Crippen LogP contribution in [0.25, 0.3) is 0 Å². The summed E-state index contributed by atoms with van der Waals surface area (Å²) in [5, 5.41) is 14.4. The largest absolute Gasteiger partial charge is 0.396 e. The van der Waals surface area contributed by atoms with Gasteiger partial charge < -0.3 is 15.3 Å². The van der Waals surface area contributed by atoms with Crippen LogP contribution in [0.1, 0.15) is 18.7 Å². The highest BCUT2D eigenvalue weighted by molar-refractivity contribution is 14.0. The zero-order valence-electron chi connectivity index (χ0n) is 12.5. The fraction of sp³-hybridized carbons (Fsp3) is 0.643. The second kappa shape index (κ2) is 11.3. The van der Waals surface area contributed by atoms with E-state index in [1.807, 2.05) is 6.92 Å². The highest BCUT2D eigenvalue weighted by atomic mass is 127. The summed E-state index contributed by atoms with van der Waals surface area (Å²) in [6.07, 6.45) is 1.04. The fourth-order valence-corrected chi connectivity index (χ4v) is 2.31. The van der Waals surface area contributed by atoms with Crippen molar-refractivity contribution < 1.29 is 5.11 Å². The molecule has 0 radical (unpaired) electrons. The summed E-state index contributed by atoms with van der Waals surface area (Å²) >= 11 is 1.79. The van der Waals surface area contributed by atoms with Gasteiger partial charge in [-0.1, -0.05) is 13.0 Å². The lowest BCUT2D eigenvalue weighted by Gasteiger charge is -2.22. The highest BCUT2D eigenvalue weighted by Crippen LogP contribution is 2.09. The first-order valence-electron chi connectivity index (χ1n) is 6.80.